The van der Waals surface area contributed by atoms with Gasteiger partial charge in [-0.1, -0.05) is 43.7 Å². The largest absolute Gasteiger partial charge is 0.358 e. The predicted octanol–water partition coefficient (Wildman–Crippen LogP) is 5.07. The molecule has 0 saturated carbocycles. The fourth-order valence-corrected chi connectivity index (χ4v) is 4.61. The highest BCUT2D eigenvalue weighted by molar-refractivity contribution is 6.03. The maximum absolute atomic E-state index is 13.3. The number of anilines is 1. The summed E-state index contributed by atoms with van der Waals surface area (Å²) in [5.74, 6) is 0.171. The van der Waals surface area contributed by atoms with Crippen molar-refractivity contribution in [3.63, 3.8) is 0 Å². The number of Topliss-reactive ketones (excluding diaryl/α,β-unsaturated/α-hetero) is 1. The molecule has 0 bridgehead atoms. The highest BCUT2D eigenvalue weighted by atomic mass is 16.1. The van der Waals surface area contributed by atoms with Crippen LogP contribution in [-0.2, 0) is 4.79 Å². The lowest BCUT2D eigenvalue weighted by Crippen LogP contribution is -2.33. The SMILES string of the molecule is Cc1ccc(C2C3=C(CC(C)(C)CC3=O)Nc3ccc4[nH]cnc4c32)cc1. The highest BCUT2D eigenvalue weighted by Crippen LogP contribution is 2.50. The van der Waals surface area contributed by atoms with Gasteiger partial charge in [-0.3, -0.25) is 4.79 Å². The number of nitrogens with one attached hydrogen (secondary N) is 2. The highest BCUT2D eigenvalue weighted by Gasteiger charge is 2.41. The van der Waals surface area contributed by atoms with Gasteiger partial charge in [-0.05, 0) is 36.5 Å². The number of imidazole rings is 1. The Kier molecular flexibility index (Phi) is 3.36. The van der Waals surface area contributed by atoms with Crippen molar-refractivity contribution < 1.29 is 4.79 Å². The maximum atomic E-state index is 13.3. The first-order chi connectivity index (χ1) is 12.9. The predicted molar refractivity (Wildman–Crippen MR) is 108 cm³/mol. The molecule has 2 heterocycles. The Morgan fingerprint density at radius 2 is 1.85 bits per heavy atom. The molecule has 27 heavy (non-hydrogen) atoms. The molecule has 1 atom stereocenters. The van der Waals surface area contributed by atoms with E-state index in [2.05, 4.69) is 72.5 Å². The summed E-state index contributed by atoms with van der Waals surface area (Å²) in [4.78, 5) is 21.0. The average Bonchev–Trinajstić information content (AvgIpc) is 3.08. The number of carbonyl (C=O) groups is 1. The van der Waals surface area contributed by atoms with Crippen molar-refractivity contribution in [1.82, 2.24) is 9.97 Å². The van der Waals surface area contributed by atoms with Crippen molar-refractivity contribution in [2.45, 2.75) is 39.5 Å². The molecule has 136 valence electrons. The van der Waals surface area contributed by atoms with Gasteiger partial charge in [-0.25, -0.2) is 4.98 Å². The van der Waals surface area contributed by atoms with Crippen LogP contribution in [0.25, 0.3) is 11.0 Å². The van der Waals surface area contributed by atoms with E-state index in [1.54, 1.807) is 6.33 Å². The molecular formula is C23H23N3O. The first-order valence-electron chi connectivity index (χ1n) is 9.49. The molecule has 1 aromatic heterocycles. The minimum atomic E-state index is -0.0764. The van der Waals surface area contributed by atoms with Crippen molar-refractivity contribution >= 4 is 22.5 Å². The van der Waals surface area contributed by atoms with E-state index >= 15 is 0 Å². The van der Waals surface area contributed by atoms with E-state index in [-0.39, 0.29) is 17.1 Å². The van der Waals surface area contributed by atoms with E-state index in [0.29, 0.717) is 6.42 Å². The molecule has 0 spiro atoms. The maximum Gasteiger partial charge on any atom is 0.162 e. The number of allylic oxidation sites excluding steroid dienone is 2. The lowest BCUT2D eigenvalue weighted by molar-refractivity contribution is -0.118. The van der Waals surface area contributed by atoms with Gasteiger partial charge in [0.15, 0.2) is 5.78 Å². The van der Waals surface area contributed by atoms with Gasteiger partial charge in [-0.15, -0.1) is 0 Å². The molecule has 0 amide bonds. The van der Waals surface area contributed by atoms with Crippen molar-refractivity contribution in [2.24, 2.45) is 5.41 Å². The molecular weight excluding hydrogens is 334 g/mol. The quantitative estimate of drug-likeness (QED) is 0.639. The van der Waals surface area contributed by atoms with E-state index in [1.165, 1.54) is 5.56 Å². The smallest absolute Gasteiger partial charge is 0.162 e. The summed E-state index contributed by atoms with van der Waals surface area (Å²) in [5.41, 5.74) is 8.44. The van der Waals surface area contributed by atoms with Gasteiger partial charge in [0.05, 0.1) is 17.4 Å². The minimum Gasteiger partial charge on any atom is -0.358 e. The summed E-state index contributed by atoms with van der Waals surface area (Å²) in [5, 5.41) is 3.58. The van der Waals surface area contributed by atoms with Crippen molar-refractivity contribution in [2.75, 3.05) is 5.32 Å². The van der Waals surface area contributed by atoms with Gasteiger partial charge in [0.25, 0.3) is 0 Å². The number of benzene rings is 2. The van der Waals surface area contributed by atoms with Crippen LogP contribution in [0.15, 0.2) is 54.0 Å². The van der Waals surface area contributed by atoms with Crippen molar-refractivity contribution in [3.05, 3.63) is 70.7 Å². The Hall–Kier alpha value is -2.88. The molecule has 5 rings (SSSR count). The minimum absolute atomic E-state index is 0.0192. The van der Waals surface area contributed by atoms with Crippen LogP contribution in [0.3, 0.4) is 0 Å². The van der Waals surface area contributed by atoms with Crippen LogP contribution in [0, 0.1) is 12.3 Å². The van der Waals surface area contributed by atoms with E-state index in [4.69, 9.17) is 0 Å². The van der Waals surface area contributed by atoms with Crippen molar-refractivity contribution in [1.29, 1.82) is 0 Å². The number of ketones is 1. The second kappa shape index (κ2) is 5.56. The summed E-state index contributed by atoms with van der Waals surface area (Å²) in [6.07, 6.45) is 3.20. The normalized spacial score (nSPS) is 21.0. The number of hydrogen-bond acceptors (Lipinski definition) is 3. The zero-order valence-corrected chi connectivity index (χ0v) is 15.9. The van der Waals surface area contributed by atoms with Gasteiger partial charge in [0, 0.05) is 34.9 Å². The lowest BCUT2D eigenvalue weighted by atomic mass is 9.68. The Morgan fingerprint density at radius 1 is 1.07 bits per heavy atom. The van der Waals surface area contributed by atoms with Crippen LogP contribution in [0.4, 0.5) is 5.69 Å². The Labute approximate surface area is 158 Å². The number of hydrogen-bond donors (Lipinski definition) is 2. The number of aromatic nitrogens is 2. The van der Waals surface area contributed by atoms with Gasteiger partial charge < -0.3 is 10.3 Å². The standard InChI is InChI=1S/C23H23N3O/c1-13-4-6-14(7-5-13)19-20-17(10-23(2,3)11-18(20)27)26-15-8-9-16-22(21(15)19)25-12-24-16/h4-9,12,19,26H,10-11H2,1-3H3,(H,24,25). The van der Waals surface area contributed by atoms with Crippen LogP contribution in [0.1, 0.15) is 49.3 Å². The molecule has 0 radical (unpaired) electrons. The van der Waals surface area contributed by atoms with E-state index in [0.717, 1.165) is 45.5 Å². The zero-order valence-electron chi connectivity index (χ0n) is 15.9. The summed E-state index contributed by atoms with van der Waals surface area (Å²) in [7, 11) is 0. The molecule has 4 heteroatoms. The van der Waals surface area contributed by atoms with Gasteiger partial charge in [0.2, 0.25) is 0 Å². The molecule has 1 aliphatic carbocycles. The fraction of sp³-hybridized carbons (Fsp3) is 0.304. The second-order valence-electron chi connectivity index (χ2n) is 8.63. The van der Waals surface area contributed by atoms with E-state index in [9.17, 15) is 4.79 Å². The first kappa shape index (κ1) is 16.3. The van der Waals surface area contributed by atoms with Crippen LogP contribution >= 0.6 is 0 Å². The third-order valence-corrected chi connectivity index (χ3v) is 5.82. The first-order valence-corrected chi connectivity index (χ1v) is 9.49. The fourth-order valence-electron chi connectivity index (χ4n) is 4.61. The third kappa shape index (κ3) is 2.51. The summed E-state index contributed by atoms with van der Waals surface area (Å²) in [6.45, 7) is 6.43. The summed E-state index contributed by atoms with van der Waals surface area (Å²) >= 11 is 0. The number of nitrogens with zero attached hydrogens (tertiary/aromatic N) is 1. The average molecular weight is 357 g/mol. The molecule has 2 N–H and O–H groups in total. The van der Waals surface area contributed by atoms with Crippen LogP contribution in [0.5, 0.6) is 0 Å². The molecule has 0 saturated heterocycles. The number of fused-ring (bicyclic) bond motifs is 3. The zero-order chi connectivity index (χ0) is 18.8. The topological polar surface area (TPSA) is 57.8 Å². The van der Waals surface area contributed by atoms with Crippen LogP contribution < -0.4 is 5.32 Å². The summed E-state index contributed by atoms with van der Waals surface area (Å²) < 4.78 is 0. The Balaban J connectivity index is 1.80. The van der Waals surface area contributed by atoms with E-state index < -0.39 is 0 Å². The van der Waals surface area contributed by atoms with Crippen LogP contribution in [-0.4, -0.2) is 15.8 Å². The van der Waals surface area contributed by atoms with Crippen molar-refractivity contribution in [3.8, 4) is 0 Å². The molecule has 2 aromatic carbocycles. The Morgan fingerprint density at radius 3 is 2.63 bits per heavy atom. The third-order valence-electron chi connectivity index (χ3n) is 5.82. The van der Waals surface area contributed by atoms with Crippen LogP contribution in [0.2, 0.25) is 0 Å². The molecule has 3 aromatic rings. The number of aryl methyl sites for hydroxylation is 1. The number of aromatic amines is 1. The number of H-pyrrole nitrogens is 1. The lowest BCUT2D eigenvalue weighted by Gasteiger charge is -2.39. The Bertz CT molecular complexity index is 1100. The summed E-state index contributed by atoms with van der Waals surface area (Å²) in [6, 6.07) is 12.7. The number of rotatable bonds is 1. The molecule has 4 nitrogen and oxygen atoms in total. The molecule has 1 unspecified atom stereocenters. The van der Waals surface area contributed by atoms with Gasteiger partial charge in [0.1, 0.15) is 0 Å². The number of carbonyl (C=O) groups excluding carboxylic acids is 1. The second-order valence-corrected chi connectivity index (χ2v) is 8.63. The van der Waals surface area contributed by atoms with E-state index in [1.807, 2.05) is 0 Å². The monoisotopic (exact) mass is 357 g/mol. The van der Waals surface area contributed by atoms with Gasteiger partial charge >= 0.3 is 0 Å². The van der Waals surface area contributed by atoms with Gasteiger partial charge in [-0.2, -0.15) is 0 Å². The molecule has 1 aliphatic heterocycles. The molecule has 0 fully saturated rings. The molecule has 2 aliphatic rings.